The zero-order valence-corrected chi connectivity index (χ0v) is 26.1. The second-order valence-corrected chi connectivity index (χ2v) is 12.3. The molecule has 3 aromatic carbocycles. The number of carbonyl (C=O) groups excluding carboxylic acids is 1. The van der Waals surface area contributed by atoms with Crippen molar-refractivity contribution >= 4 is 46.3 Å². The van der Waals surface area contributed by atoms with E-state index in [1.165, 1.54) is 11.3 Å². The third kappa shape index (κ3) is 6.87. The van der Waals surface area contributed by atoms with Gasteiger partial charge in [-0.15, -0.1) is 21.5 Å². The van der Waals surface area contributed by atoms with Crippen LogP contribution in [0.4, 0.5) is 5.69 Å². The minimum atomic E-state index is -0.0301. The maximum atomic E-state index is 13.3. The van der Waals surface area contributed by atoms with Crippen LogP contribution in [0.2, 0.25) is 5.02 Å². The lowest BCUT2D eigenvalue weighted by molar-refractivity contribution is 0.0741. The Morgan fingerprint density at radius 2 is 1.77 bits per heavy atom. The van der Waals surface area contributed by atoms with Gasteiger partial charge in [-0.3, -0.25) is 9.36 Å². The van der Waals surface area contributed by atoms with Crippen molar-refractivity contribution in [1.82, 2.24) is 24.6 Å². The molecule has 0 saturated carbocycles. The van der Waals surface area contributed by atoms with E-state index in [9.17, 15) is 4.79 Å². The number of aromatic nitrogens is 4. The van der Waals surface area contributed by atoms with Gasteiger partial charge in [0.15, 0.2) is 5.16 Å². The molecule has 1 saturated heterocycles. The number of halogens is 1. The van der Waals surface area contributed by atoms with Crippen molar-refractivity contribution in [3.63, 3.8) is 0 Å². The van der Waals surface area contributed by atoms with E-state index in [2.05, 4.69) is 33.3 Å². The molecule has 0 aliphatic carbocycles. The summed E-state index contributed by atoms with van der Waals surface area (Å²) in [6, 6.07) is 26.0. The van der Waals surface area contributed by atoms with Gasteiger partial charge in [-0.05, 0) is 42.8 Å². The molecule has 0 radical (unpaired) electrons. The van der Waals surface area contributed by atoms with E-state index in [4.69, 9.17) is 21.3 Å². The van der Waals surface area contributed by atoms with Crippen LogP contribution >= 0.6 is 34.7 Å². The Morgan fingerprint density at radius 3 is 2.56 bits per heavy atom. The number of anilines is 1. The van der Waals surface area contributed by atoms with E-state index in [1.54, 1.807) is 11.8 Å². The molecule has 1 fully saturated rings. The highest BCUT2D eigenvalue weighted by Gasteiger charge is 2.25. The van der Waals surface area contributed by atoms with E-state index >= 15 is 0 Å². The number of rotatable bonds is 10. The predicted octanol–water partition coefficient (Wildman–Crippen LogP) is 6.62. The molecular formula is C32H31ClN6O2S2. The van der Waals surface area contributed by atoms with Crippen molar-refractivity contribution in [1.29, 1.82) is 0 Å². The zero-order valence-electron chi connectivity index (χ0n) is 23.7. The van der Waals surface area contributed by atoms with Gasteiger partial charge in [-0.2, -0.15) is 0 Å². The van der Waals surface area contributed by atoms with Crippen LogP contribution in [0.25, 0.3) is 5.69 Å². The van der Waals surface area contributed by atoms with Crippen molar-refractivity contribution in [2.45, 2.75) is 24.3 Å². The Kier molecular flexibility index (Phi) is 9.26. The second kappa shape index (κ2) is 13.6. The van der Waals surface area contributed by atoms with E-state index in [1.807, 2.05) is 82.4 Å². The molecule has 43 heavy (non-hydrogen) atoms. The van der Waals surface area contributed by atoms with Crippen LogP contribution in [0.5, 0.6) is 5.75 Å². The molecule has 1 amide bonds. The van der Waals surface area contributed by atoms with Gasteiger partial charge in [0.1, 0.15) is 22.3 Å². The Hall–Kier alpha value is -3.86. The number of carbonyl (C=O) groups is 1. The first-order chi connectivity index (χ1) is 21.1. The van der Waals surface area contributed by atoms with Gasteiger partial charge in [0.25, 0.3) is 5.91 Å². The van der Waals surface area contributed by atoms with Crippen LogP contribution in [0.3, 0.4) is 0 Å². The zero-order chi connectivity index (χ0) is 29.6. The lowest BCUT2D eigenvalue weighted by atomic mass is 10.1. The van der Waals surface area contributed by atoms with E-state index in [-0.39, 0.29) is 5.91 Å². The fraction of sp³-hybridized carbons (Fsp3) is 0.250. The van der Waals surface area contributed by atoms with Crippen molar-refractivity contribution in [2.24, 2.45) is 0 Å². The number of amides is 1. The minimum Gasteiger partial charge on any atom is -0.492 e. The molecule has 2 aromatic heterocycles. The van der Waals surface area contributed by atoms with Gasteiger partial charge >= 0.3 is 0 Å². The molecule has 11 heteroatoms. The lowest BCUT2D eigenvalue weighted by Crippen LogP contribution is -2.49. The quantitative estimate of drug-likeness (QED) is 0.161. The summed E-state index contributed by atoms with van der Waals surface area (Å²) in [4.78, 5) is 22.2. The molecule has 6 rings (SSSR count). The Labute approximate surface area is 264 Å². The second-order valence-electron chi connectivity index (χ2n) is 9.97. The van der Waals surface area contributed by atoms with Gasteiger partial charge in [0.05, 0.1) is 23.7 Å². The van der Waals surface area contributed by atoms with Gasteiger partial charge < -0.3 is 14.5 Å². The topological polar surface area (TPSA) is 76.4 Å². The predicted molar refractivity (Wildman–Crippen MR) is 173 cm³/mol. The van der Waals surface area contributed by atoms with Gasteiger partial charge in [-0.1, -0.05) is 71.9 Å². The average molecular weight is 631 g/mol. The number of para-hydroxylation sites is 2. The summed E-state index contributed by atoms with van der Waals surface area (Å²) in [6.45, 7) is 5.36. The lowest BCUT2D eigenvalue weighted by Gasteiger charge is -2.36. The first-order valence-electron chi connectivity index (χ1n) is 14.2. The summed E-state index contributed by atoms with van der Waals surface area (Å²) in [5.74, 6) is 2.25. The number of hydrogen-bond acceptors (Lipinski definition) is 8. The van der Waals surface area contributed by atoms with Gasteiger partial charge in [0, 0.05) is 43.0 Å². The van der Waals surface area contributed by atoms with Crippen molar-refractivity contribution in [2.75, 3.05) is 37.7 Å². The van der Waals surface area contributed by atoms with Gasteiger partial charge in [0.2, 0.25) is 0 Å². The first kappa shape index (κ1) is 29.2. The number of thiazole rings is 1. The fourth-order valence-electron chi connectivity index (χ4n) is 5.07. The van der Waals surface area contributed by atoms with E-state index in [0.29, 0.717) is 42.6 Å². The Balaban J connectivity index is 1.12. The molecule has 1 aliphatic heterocycles. The van der Waals surface area contributed by atoms with Crippen molar-refractivity contribution < 1.29 is 9.53 Å². The smallest absolute Gasteiger partial charge is 0.273 e. The number of ether oxygens (including phenoxy) is 1. The standard InChI is InChI=1S/C32H31ClN6O2S2/c1-2-41-28-14-7-6-13-27(28)37-15-17-38(18-16-37)31(40)26-21-42-30(34-26)22-43-32-36-35-29(19-23-9-4-3-5-10-23)39(32)25-12-8-11-24(33)20-25/h3-14,20-21H,2,15-19,22H2,1H3. The third-order valence-corrected chi connectivity index (χ3v) is 9.35. The number of thioether (sulfide) groups is 1. The summed E-state index contributed by atoms with van der Waals surface area (Å²) >= 11 is 9.38. The summed E-state index contributed by atoms with van der Waals surface area (Å²) in [5.41, 5.74) is 3.62. The molecule has 0 atom stereocenters. The number of nitrogens with zero attached hydrogens (tertiary/aromatic N) is 6. The Morgan fingerprint density at radius 1 is 0.977 bits per heavy atom. The first-order valence-corrected chi connectivity index (χ1v) is 16.4. The average Bonchev–Trinajstić information content (AvgIpc) is 3.68. The highest BCUT2D eigenvalue weighted by Crippen LogP contribution is 2.30. The van der Waals surface area contributed by atoms with Crippen molar-refractivity contribution in [3.05, 3.63) is 111 Å². The maximum absolute atomic E-state index is 13.3. The molecule has 0 bridgehead atoms. The number of benzene rings is 3. The van der Waals surface area contributed by atoms with Crippen LogP contribution in [-0.2, 0) is 12.2 Å². The van der Waals surface area contributed by atoms with E-state index in [0.717, 1.165) is 51.8 Å². The molecule has 220 valence electrons. The molecule has 5 aromatic rings. The summed E-state index contributed by atoms with van der Waals surface area (Å²) < 4.78 is 7.86. The van der Waals surface area contributed by atoms with Crippen LogP contribution in [0.1, 0.15) is 33.8 Å². The van der Waals surface area contributed by atoms with Crippen molar-refractivity contribution in [3.8, 4) is 11.4 Å². The normalized spacial score (nSPS) is 13.3. The summed E-state index contributed by atoms with van der Waals surface area (Å²) in [6.07, 6.45) is 0.640. The highest BCUT2D eigenvalue weighted by molar-refractivity contribution is 7.98. The molecule has 3 heterocycles. The van der Waals surface area contributed by atoms with Crippen LogP contribution in [0.15, 0.2) is 89.4 Å². The molecule has 0 unspecified atom stereocenters. The van der Waals surface area contributed by atoms with E-state index < -0.39 is 0 Å². The summed E-state index contributed by atoms with van der Waals surface area (Å²) in [7, 11) is 0. The molecule has 1 aliphatic rings. The number of hydrogen-bond donors (Lipinski definition) is 0. The molecule has 0 N–H and O–H groups in total. The molecule has 8 nitrogen and oxygen atoms in total. The van der Waals surface area contributed by atoms with Crippen LogP contribution in [0, 0.1) is 0 Å². The largest absolute Gasteiger partial charge is 0.492 e. The van der Waals surface area contributed by atoms with Crippen LogP contribution in [-0.4, -0.2) is 63.3 Å². The third-order valence-electron chi connectivity index (χ3n) is 7.14. The Bertz CT molecular complexity index is 1680. The van der Waals surface area contributed by atoms with Gasteiger partial charge in [-0.25, -0.2) is 4.98 Å². The number of piperazine rings is 1. The minimum absolute atomic E-state index is 0.0301. The molecular weight excluding hydrogens is 600 g/mol. The maximum Gasteiger partial charge on any atom is 0.273 e. The SMILES string of the molecule is CCOc1ccccc1N1CCN(C(=O)c2csc(CSc3nnc(Cc4ccccc4)n3-c3cccc(Cl)c3)n2)CC1. The molecule has 0 spiro atoms. The fourth-order valence-corrected chi connectivity index (χ4v) is 7.01. The summed E-state index contributed by atoms with van der Waals surface area (Å²) in [5, 5.41) is 13.2. The highest BCUT2D eigenvalue weighted by atomic mass is 35.5. The monoisotopic (exact) mass is 630 g/mol. The van der Waals surface area contributed by atoms with Crippen LogP contribution < -0.4 is 9.64 Å².